The van der Waals surface area contributed by atoms with Crippen molar-refractivity contribution < 1.29 is 9.53 Å². The van der Waals surface area contributed by atoms with Crippen LogP contribution in [-0.2, 0) is 9.53 Å². The summed E-state index contributed by atoms with van der Waals surface area (Å²) in [5.74, 6) is -0.579. The molecule has 1 rings (SSSR count). The van der Waals surface area contributed by atoms with Crippen LogP contribution in [0.25, 0.3) is 0 Å². The summed E-state index contributed by atoms with van der Waals surface area (Å²) in [4.78, 5) is 9.59. The Hall–Kier alpha value is -1.76. The number of esters is 1. The molecule has 0 aliphatic heterocycles. The lowest BCUT2D eigenvalue weighted by atomic mass is 10.3. The van der Waals surface area contributed by atoms with E-state index >= 15 is 0 Å². The van der Waals surface area contributed by atoms with E-state index in [-0.39, 0.29) is 11.9 Å². The molecule has 0 fully saturated rings. The second-order valence-electron chi connectivity index (χ2n) is 2.67. The van der Waals surface area contributed by atoms with E-state index in [4.69, 9.17) is 11.1 Å². The van der Waals surface area contributed by atoms with E-state index in [1.165, 1.54) is 14.0 Å². The van der Waals surface area contributed by atoms with E-state index in [0.29, 0.717) is 0 Å². The number of guanidine groups is 1. The van der Waals surface area contributed by atoms with Gasteiger partial charge in [0.1, 0.15) is 0 Å². The molecular weight excluding hydrogens is 288 g/mol. The van der Waals surface area contributed by atoms with Gasteiger partial charge in [-0.1, -0.05) is 12.1 Å². The van der Waals surface area contributed by atoms with Crippen LogP contribution in [0.3, 0.4) is 0 Å². The number of nitrogens with two attached hydrogens (primary N) is 3. The van der Waals surface area contributed by atoms with Crippen molar-refractivity contribution >= 4 is 33.5 Å². The fraction of sp³-hybridized carbons (Fsp3) is 0.200. The van der Waals surface area contributed by atoms with Crippen molar-refractivity contribution in [3.63, 3.8) is 0 Å². The number of nitrogens with one attached hydrogen (secondary N) is 1. The molecule has 0 aliphatic rings. The number of carbonyl (C=O) groups is 1. The molecular formula is C10H17BrN4O2. The van der Waals surface area contributed by atoms with Crippen LogP contribution in [0.2, 0.25) is 0 Å². The van der Waals surface area contributed by atoms with Crippen LogP contribution in [0.1, 0.15) is 6.92 Å². The SMILES string of the molecule is COC(C)=O.N=C(N)N.Nc1ccccc1Br. The number of methoxy groups -OCH3 is 1. The molecule has 0 spiro atoms. The third-order valence-electron chi connectivity index (χ3n) is 1.19. The van der Waals surface area contributed by atoms with Crippen LogP contribution in [0, 0.1) is 5.41 Å². The Balaban J connectivity index is 0. The van der Waals surface area contributed by atoms with Crippen molar-refractivity contribution in [2.45, 2.75) is 6.92 Å². The minimum atomic E-state index is -0.333. The minimum absolute atomic E-state index is 0.245. The normalized spacial score (nSPS) is 7.71. The molecule has 0 bridgehead atoms. The number of nitrogen functional groups attached to an aromatic ring is 1. The fourth-order valence-electron chi connectivity index (χ4n) is 0.475. The molecule has 7 N–H and O–H groups in total. The molecule has 0 unspecified atom stereocenters. The largest absolute Gasteiger partial charge is 0.469 e. The monoisotopic (exact) mass is 304 g/mol. The van der Waals surface area contributed by atoms with Gasteiger partial charge in [-0.3, -0.25) is 10.2 Å². The van der Waals surface area contributed by atoms with Gasteiger partial charge in [0.05, 0.1) is 7.11 Å². The molecule has 0 saturated carbocycles. The summed E-state index contributed by atoms with van der Waals surface area (Å²) < 4.78 is 5.07. The maximum atomic E-state index is 9.59. The summed E-state index contributed by atoms with van der Waals surface area (Å²) in [6.07, 6.45) is 0. The summed E-state index contributed by atoms with van der Waals surface area (Å²) >= 11 is 3.27. The van der Waals surface area contributed by atoms with Crippen molar-refractivity contribution in [1.82, 2.24) is 0 Å². The average molecular weight is 305 g/mol. The molecule has 0 amide bonds. The van der Waals surface area contributed by atoms with E-state index in [1.807, 2.05) is 24.3 Å². The Morgan fingerprint density at radius 3 is 1.88 bits per heavy atom. The molecule has 6 nitrogen and oxygen atoms in total. The zero-order valence-corrected chi connectivity index (χ0v) is 11.3. The third-order valence-corrected chi connectivity index (χ3v) is 1.91. The van der Waals surface area contributed by atoms with Crippen LogP contribution in [-0.4, -0.2) is 19.0 Å². The lowest BCUT2D eigenvalue weighted by Crippen LogP contribution is -2.20. The van der Waals surface area contributed by atoms with Gasteiger partial charge in [-0.2, -0.15) is 0 Å². The van der Waals surface area contributed by atoms with E-state index in [0.717, 1.165) is 10.2 Å². The van der Waals surface area contributed by atoms with E-state index in [9.17, 15) is 4.79 Å². The van der Waals surface area contributed by atoms with Gasteiger partial charge in [0.2, 0.25) is 0 Å². The predicted octanol–water partition coefficient (Wildman–Crippen LogP) is 1.05. The average Bonchev–Trinajstić information content (AvgIpc) is 2.22. The predicted molar refractivity (Wildman–Crippen MR) is 72.3 cm³/mol. The number of hydrogen-bond acceptors (Lipinski definition) is 4. The Morgan fingerprint density at radius 2 is 1.71 bits per heavy atom. The Labute approximate surface area is 109 Å². The smallest absolute Gasteiger partial charge is 0.302 e. The number of benzene rings is 1. The highest BCUT2D eigenvalue weighted by Gasteiger charge is 1.86. The highest BCUT2D eigenvalue weighted by Crippen LogP contribution is 2.16. The Bertz CT molecular complexity index is 333. The van der Waals surface area contributed by atoms with E-state index in [2.05, 4.69) is 32.1 Å². The molecule has 7 heteroatoms. The number of para-hydroxylation sites is 1. The maximum absolute atomic E-state index is 9.59. The molecule has 0 aromatic heterocycles. The molecule has 1 aromatic rings. The second-order valence-corrected chi connectivity index (χ2v) is 3.53. The van der Waals surface area contributed by atoms with Gasteiger partial charge in [0.15, 0.2) is 5.96 Å². The first-order valence-corrected chi connectivity index (χ1v) is 5.24. The third kappa shape index (κ3) is 16.9. The first-order valence-electron chi connectivity index (χ1n) is 4.45. The Kier molecular flexibility index (Phi) is 11.1. The van der Waals surface area contributed by atoms with Crippen molar-refractivity contribution in [2.75, 3.05) is 12.8 Å². The molecule has 96 valence electrons. The van der Waals surface area contributed by atoms with Gasteiger partial charge in [-0.25, -0.2) is 0 Å². The summed E-state index contributed by atoms with van der Waals surface area (Å²) in [5, 5.41) is 6.06. The van der Waals surface area contributed by atoms with E-state index < -0.39 is 0 Å². The van der Waals surface area contributed by atoms with Gasteiger partial charge in [0.25, 0.3) is 0 Å². The lowest BCUT2D eigenvalue weighted by molar-refractivity contribution is -0.137. The first kappa shape index (κ1) is 17.6. The maximum Gasteiger partial charge on any atom is 0.302 e. The number of halogens is 1. The number of hydrogen-bond donors (Lipinski definition) is 4. The summed E-state index contributed by atoms with van der Waals surface area (Å²) in [5.41, 5.74) is 15.2. The van der Waals surface area contributed by atoms with Gasteiger partial charge < -0.3 is 21.9 Å². The van der Waals surface area contributed by atoms with Crippen LogP contribution in [0.5, 0.6) is 0 Å². The van der Waals surface area contributed by atoms with Crippen LogP contribution in [0.4, 0.5) is 5.69 Å². The number of ether oxygens (including phenoxy) is 1. The standard InChI is InChI=1S/C6H6BrN.C3H6O2.CH5N3/c7-5-3-1-2-4-6(5)8;1-3(4)5-2;2-1(3)4/h1-4H,8H2;1-2H3;(H5,2,3,4). The minimum Gasteiger partial charge on any atom is -0.469 e. The van der Waals surface area contributed by atoms with Crippen LogP contribution < -0.4 is 17.2 Å². The summed E-state index contributed by atoms with van der Waals surface area (Å²) in [6.45, 7) is 1.36. The van der Waals surface area contributed by atoms with Gasteiger partial charge in [-0.05, 0) is 28.1 Å². The van der Waals surface area contributed by atoms with Crippen LogP contribution in [0.15, 0.2) is 28.7 Å². The number of carbonyl (C=O) groups excluding carboxylic acids is 1. The van der Waals surface area contributed by atoms with Crippen LogP contribution >= 0.6 is 15.9 Å². The second kappa shape index (κ2) is 10.7. The Morgan fingerprint density at radius 1 is 1.35 bits per heavy atom. The lowest BCUT2D eigenvalue weighted by Gasteiger charge is -1.91. The molecule has 17 heavy (non-hydrogen) atoms. The fourth-order valence-corrected chi connectivity index (χ4v) is 0.760. The first-order chi connectivity index (χ1) is 7.81. The van der Waals surface area contributed by atoms with Crippen molar-refractivity contribution in [1.29, 1.82) is 5.41 Å². The zero-order valence-electron chi connectivity index (χ0n) is 9.74. The zero-order chi connectivity index (χ0) is 13.8. The van der Waals surface area contributed by atoms with Gasteiger partial charge in [-0.15, -0.1) is 0 Å². The van der Waals surface area contributed by atoms with E-state index in [1.54, 1.807) is 0 Å². The molecule has 0 atom stereocenters. The van der Waals surface area contributed by atoms with Crippen molar-refractivity contribution in [3.8, 4) is 0 Å². The molecule has 0 aliphatic carbocycles. The number of anilines is 1. The van der Waals surface area contributed by atoms with Crippen molar-refractivity contribution in [3.05, 3.63) is 28.7 Å². The summed E-state index contributed by atoms with van der Waals surface area (Å²) in [6, 6.07) is 7.60. The quantitative estimate of drug-likeness (QED) is 0.246. The molecule has 0 radical (unpaired) electrons. The molecule has 1 aromatic carbocycles. The summed E-state index contributed by atoms with van der Waals surface area (Å²) in [7, 11) is 1.35. The number of rotatable bonds is 0. The van der Waals surface area contributed by atoms with Gasteiger partial charge in [0, 0.05) is 17.1 Å². The van der Waals surface area contributed by atoms with Gasteiger partial charge >= 0.3 is 5.97 Å². The highest BCUT2D eigenvalue weighted by molar-refractivity contribution is 9.10. The molecule has 0 heterocycles. The molecule has 0 saturated heterocycles. The van der Waals surface area contributed by atoms with Crippen molar-refractivity contribution in [2.24, 2.45) is 11.5 Å². The topological polar surface area (TPSA) is 128 Å². The highest BCUT2D eigenvalue weighted by atomic mass is 79.9.